The number of hydrogen-bond donors (Lipinski definition) is 0. The molecule has 4 aromatic carbocycles. The van der Waals surface area contributed by atoms with Gasteiger partial charge in [-0.1, -0.05) is 52.0 Å². The lowest BCUT2D eigenvalue weighted by Gasteiger charge is -2.11. The molecular weight excluding hydrogens is 460 g/mol. The first-order valence-corrected chi connectivity index (χ1v) is 14.7. The number of unbranched alkanes of at least 4 members (excludes halogenated alkanes) is 1. The summed E-state index contributed by atoms with van der Waals surface area (Å²) in [5.41, 5.74) is 11.2. The molecule has 0 saturated heterocycles. The number of fused-ring (bicyclic) bond motifs is 6. The van der Waals surface area contributed by atoms with E-state index in [9.17, 15) is 0 Å². The van der Waals surface area contributed by atoms with E-state index in [1.54, 1.807) is 0 Å². The number of aryl methyl sites for hydroxylation is 6. The third-order valence-corrected chi connectivity index (χ3v) is 8.63. The van der Waals surface area contributed by atoms with Crippen LogP contribution < -0.4 is 0 Å². The summed E-state index contributed by atoms with van der Waals surface area (Å²) in [5, 5.41) is 5.65. The molecule has 2 heterocycles. The molecule has 0 aliphatic rings. The molecule has 0 N–H and O–H groups in total. The lowest BCUT2D eigenvalue weighted by atomic mass is 10.1. The Morgan fingerprint density at radius 3 is 0.895 bits per heavy atom. The van der Waals surface area contributed by atoms with E-state index in [0.29, 0.717) is 0 Å². The molecule has 0 atom stereocenters. The van der Waals surface area contributed by atoms with Gasteiger partial charge in [0.05, 0.1) is 0 Å². The lowest BCUT2D eigenvalue weighted by molar-refractivity contribution is 0.583. The van der Waals surface area contributed by atoms with Gasteiger partial charge in [0, 0.05) is 56.7 Å². The Balaban J connectivity index is 1.31. The summed E-state index contributed by atoms with van der Waals surface area (Å²) in [6.07, 6.45) is 6.63. The Labute approximate surface area is 226 Å². The van der Waals surface area contributed by atoms with Crippen molar-refractivity contribution in [3.8, 4) is 0 Å². The van der Waals surface area contributed by atoms with Gasteiger partial charge in [-0.05, 0) is 109 Å². The highest BCUT2D eigenvalue weighted by Gasteiger charge is 2.14. The molecule has 0 bridgehead atoms. The van der Waals surface area contributed by atoms with Crippen molar-refractivity contribution < 1.29 is 0 Å². The fraction of sp³-hybridized carbons (Fsp3) is 0.333. The molecule has 6 aromatic rings. The Kier molecular flexibility index (Phi) is 6.74. The van der Waals surface area contributed by atoms with Crippen LogP contribution in [0.3, 0.4) is 0 Å². The Bertz CT molecular complexity index is 1510. The van der Waals surface area contributed by atoms with Crippen molar-refractivity contribution in [3.05, 3.63) is 95.1 Å². The molecule has 0 amide bonds. The van der Waals surface area contributed by atoms with Gasteiger partial charge in [0.1, 0.15) is 0 Å². The van der Waals surface area contributed by atoms with Crippen LogP contribution in [0.1, 0.15) is 62.8 Å². The van der Waals surface area contributed by atoms with Crippen molar-refractivity contribution in [1.82, 2.24) is 9.13 Å². The molecule has 0 spiro atoms. The first-order valence-electron chi connectivity index (χ1n) is 14.7. The average molecular weight is 501 g/mol. The minimum Gasteiger partial charge on any atom is -0.340 e. The Hall–Kier alpha value is -3.52. The molecule has 0 aliphatic carbocycles. The number of rotatable bonds is 9. The summed E-state index contributed by atoms with van der Waals surface area (Å²) in [7, 11) is 0. The first kappa shape index (κ1) is 24.8. The lowest BCUT2D eigenvalue weighted by Crippen LogP contribution is -2.02. The number of aromatic nitrogens is 2. The summed E-state index contributed by atoms with van der Waals surface area (Å²) in [6, 6.07) is 28.3. The highest BCUT2D eigenvalue weighted by molar-refractivity contribution is 6.09. The van der Waals surface area contributed by atoms with Crippen molar-refractivity contribution in [2.24, 2.45) is 0 Å². The van der Waals surface area contributed by atoms with Gasteiger partial charge >= 0.3 is 0 Å². The van der Waals surface area contributed by atoms with Gasteiger partial charge in [0.25, 0.3) is 0 Å². The van der Waals surface area contributed by atoms with Crippen molar-refractivity contribution in [1.29, 1.82) is 0 Å². The molecule has 0 radical (unpaired) electrons. The van der Waals surface area contributed by atoms with E-state index in [1.807, 2.05) is 0 Å². The largest absolute Gasteiger partial charge is 0.340 e. The van der Waals surface area contributed by atoms with Crippen LogP contribution >= 0.6 is 0 Å². The second kappa shape index (κ2) is 10.3. The normalized spacial score (nSPS) is 12.0. The third-order valence-electron chi connectivity index (χ3n) is 8.63. The smallest absolute Gasteiger partial charge is 0.0491 e. The van der Waals surface area contributed by atoms with Crippen molar-refractivity contribution in [3.63, 3.8) is 0 Å². The molecule has 0 saturated carbocycles. The van der Waals surface area contributed by atoms with Gasteiger partial charge in [-0.3, -0.25) is 0 Å². The number of benzene rings is 4. The van der Waals surface area contributed by atoms with Gasteiger partial charge in [-0.25, -0.2) is 0 Å². The molecule has 2 heteroatoms. The van der Waals surface area contributed by atoms with E-state index in [-0.39, 0.29) is 0 Å². The number of hydrogen-bond acceptors (Lipinski definition) is 0. The van der Waals surface area contributed by atoms with Gasteiger partial charge in [0.2, 0.25) is 0 Å². The SMILES string of the molecule is CCc1ccc2c(c1)c1cc(CC)ccc1n2CCCCn1c2ccc(CC)cc2c2cc(CC)ccc21. The van der Waals surface area contributed by atoms with E-state index < -0.39 is 0 Å². The van der Waals surface area contributed by atoms with Crippen molar-refractivity contribution in [2.75, 3.05) is 0 Å². The molecule has 0 unspecified atom stereocenters. The van der Waals surface area contributed by atoms with Crippen LogP contribution in [0.15, 0.2) is 72.8 Å². The summed E-state index contributed by atoms with van der Waals surface area (Å²) < 4.78 is 5.13. The van der Waals surface area contributed by atoms with Crippen LogP contribution in [0, 0.1) is 0 Å². The molecule has 194 valence electrons. The zero-order chi connectivity index (χ0) is 26.2. The third kappa shape index (κ3) is 4.21. The van der Waals surface area contributed by atoms with Crippen LogP contribution in [-0.4, -0.2) is 9.13 Å². The zero-order valence-electron chi connectivity index (χ0n) is 23.5. The van der Waals surface area contributed by atoms with E-state index in [0.717, 1.165) is 51.6 Å². The van der Waals surface area contributed by atoms with E-state index in [2.05, 4.69) is 110 Å². The van der Waals surface area contributed by atoms with Crippen LogP contribution in [0.2, 0.25) is 0 Å². The zero-order valence-corrected chi connectivity index (χ0v) is 23.5. The minimum absolute atomic E-state index is 1.05. The topological polar surface area (TPSA) is 9.86 Å². The monoisotopic (exact) mass is 500 g/mol. The molecule has 38 heavy (non-hydrogen) atoms. The Morgan fingerprint density at radius 2 is 0.658 bits per heavy atom. The summed E-state index contributed by atoms with van der Waals surface area (Å²) >= 11 is 0. The standard InChI is InChI=1S/C36H40N2/c1-5-25-11-15-33-29(21-25)30-22-26(6-2)12-16-34(30)37(33)19-9-10-20-38-35-17-13-27(7-3)23-31(35)32-24-28(8-4)14-18-36(32)38/h11-18,21-24H,5-10,19-20H2,1-4H3. The van der Waals surface area contributed by atoms with E-state index in [4.69, 9.17) is 0 Å². The predicted octanol–water partition coefficient (Wildman–Crippen LogP) is 9.63. The average Bonchev–Trinajstić information content (AvgIpc) is 3.45. The van der Waals surface area contributed by atoms with Crippen LogP contribution in [-0.2, 0) is 38.8 Å². The van der Waals surface area contributed by atoms with E-state index >= 15 is 0 Å². The molecule has 0 fully saturated rings. The maximum Gasteiger partial charge on any atom is 0.0491 e. The molecule has 0 aliphatic heterocycles. The van der Waals surface area contributed by atoms with Crippen LogP contribution in [0.4, 0.5) is 0 Å². The quantitative estimate of drug-likeness (QED) is 0.175. The second-order valence-corrected chi connectivity index (χ2v) is 10.8. The van der Waals surface area contributed by atoms with Crippen LogP contribution in [0.5, 0.6) is 0 Å². The fourth-order valence-corrected chi connectivity index (χ4v) is 6.30. The summed E-state index contributed by atoms with van der Waals surface area (Å²) in [4.78, 5) is 0. The molecular formula is C36H40N2. The number of nitrogens with zero attached hydrogens (tertiary/aromatic N) is 2. The predicted molar refractivity (Wildman–Crippen MR) is 166 cm³/mol. The maximum absolute atomic E-state index is 2.57. The maximum atomic E-state index is 2.57. The van der Waals surface area contributed by atoms with E-state index in [1.165, 1.54) is 65.9 Å². The molecule has 6 rings (SSSR count). The van der Waals surface area contributed by atoms with Crippen molar-refractivity contribution in [2.45, 2.75) is 79.3 Å². The Morgan fingerprint density at radius 1 is 0.395 bits per heavy atom. The summed E-state index contributed by atoms with van der Waals surface area (Å²) in [6.45, 7) is 11.1. The minimum atomic E-state index is 1.05. The highest BCUT2D eigenvalue weighted by atomic mass is 15.0. The highest BCUT2D eigenvalue weighted by Crippen LogP contribution is 2.33. The molecule has 2 aromatic heterocycles. The van der Waals surface area contributed by atoms with Gasteiger partial charge in [-0.2, -0.15) is 0 Å². The van der Waals surface area contributed by atoms with Crippen LogP contribution in [0.25, 0.3) is 43.6 Å². The first-order chi connectivity index (χ1) is 18.6. The van der Waals surface area contributed by atoms with Crippen molar-refractivity contribution >= 4 is 43.6 Å². The second-order valence-electron chi connectivity index (χ2n) is 10.8. The molecule has 2 nitrogen and oxygen atoms in total. The van der Waals surface area contributed by atoms with Gasteiger partial charge in [-0.15, -0.1) is 0 Å². The fourth-order valence-electron chi connectivity index (χ4n) is 6.30. The summed E-state index contributed by atoms with van der Waals surface area (Å²) in [5.74, 6) is 0. The van der Waals surface area contributed by atoms with Gasteiger partial charge in [0.15, 0.2) is 0 Å². The van der Waals surface area contributed by atoms with Gasteiger partial charge < -0.3 is 9.13 Å².